The first kappa shape index (κ1) is 17.6. The zero-order valence-corrected chi connectivity index (χ0v) is 14.5. The van der Waals surface area contributed by atoms with Crippen molar-refractivity contribution in [3.8, 4) is 0 Å². The van der Waals surface area contributed by atoms with Gasteiger partial charge in [-0.2, -0.15) is 0 Å². The molecule has 2 rings (SSSR count). The van der Waals surface area contributed by atoms with Crippen LogP contribution in [-0.2, 0) is 21.2 Å². The second-order valence-corrected chi connectivity index (χ2v) is 7.55. The zero-order valence-electron chi connectivity index (χ0n) is 12.1. The third-order valence-corrected chi connectivity index (χ3v) is 4.72. The molecule has 0 saturated carbocycles. The van der Waals surface area contributed by atoms with E-state index in [1.807, 2.05) is 17.1 Å². The molecule has 0 aliphatic heterocycles. The van der Waals surface area contributed by atoms with Crippen molar-refractivity contribution in [3.05, 3.63) is 56.3 Å². The van der Waals surface area contributed by atoms with Crippen LogP contribution in [0.15, 0.2) is 35.1 Å². The minimum Gasteiger partial charge on any atom is -0.277 e. The van der Waals surface area contributed by atoms with Gasteiger partial charge in [0.1, 0.15) is 5.01 Å². The van der Waals surface area contributed by atoms with E-state index >= 15 is 0 Å². The Morgan fingerprint density at radius 3 is 2.65 bits per heavy atom. The number of nitrogens with zero attached hydrogens (tertiary/aromatic N) is 1. The number of carbonyl (C=O) groups is 1. The summed E-state index contributed by atoms with van der Waals surface area (Å²) in [5.74, 6) is -0.484. The summed E-state index contributed by atoms with van der Waals surface area (Å²) >= 11 is 7.09. The van der Waals surface area contributed by atoms with Crippen LogP contribution in [0, 0.1) is 6.92 Å². The molecule has 1 aromatic heterocycles. The standard InChI is InChI=1S/C14H14ClN3O3S2/c1-10-9-22-14(16-10)8-13(19)17-18-23(20,21)7-6-11-2-4-12(15)5-3-11/h2-7,9,18H,8H2,1H3,(H,17,19)/b7-6+. The maximum Gasteiger partial charge on any atom is 0.250 e. The monoisotopic (exact) mass is 371 g/mol. The molecule has 0 atom stereocenters. The maximum absolute atomic E-state index is 11.8. The fourth-order valence-electron chi connectivity index (χ4n) is 1.57. The summed E-state index contributed by atoms with van der Waals surface area (Å²) in [4.78, 5) is 17.8. The number of rotatable bonds is 6. The molecule has 0 unspecified atom stereocenters. The highest BCUT2D eigenvalue weighted by Gasteiger charge is 2.10. The summed E-state index contributed by atoms with van der Waals surface area (Å²) in [5, 5.41) is 3.97. The molecule has 0 radical (unpaired) electrons. The first-order chi connectivity index (χ1) is 10.8. The molecule has 2 aromatic rings. The van der Waals surface area contributed by atoms with Gasteiger partial charge in [-0.05, 0) is 30.7 Å². The van der Waals surface area contributed by atoms with E-state index < -0.39 is 15.9 Å². The van der Waals surface area contributed by atoms with Gasteiger partial charge in [0.2, 0.25) is 5.91 Å². The summed E-state index contributed by atoms with van der Waals surface area (Å²) in [6, 6.07) is 6.66. The lowest BCUT2D eigenvalue weighted by molar-refractivity contribution is -0.120. The molecule has 0 bridgehead atoms. The van der Waals surface area contributed by atoms with Crippen LogP contribution >= 0.6 is 22.9 Å². The molecule has 122 valence electrons. The summed E-state index contributed by atoms with van der Waals surface area (Å²) in [6.07, 6.45) is 1.41. The SMILES string of the molecule is Cc1csc(CC(=O)NNS(=O)(=O)/C=C/c2ccc(Cl)cc2)n1. The Bertz CT molecular complexity index is 814. The Kier molecular flexibility index (Phi) is 5.89. The van der Waals surface area contributed by atoms with Crippen molar-refractivity contribution in [2.45, 2.75) is 13.3 Å². The van der Waals surface area contributed by atoms with Gasteiger partial charge >= 0.3 is 0 Å². The second-order valence-electron chi connectivity index (χ2n) is 4.61. The van der Waals surface area contributed by atoms with Crippen LogP contribution in [0.25, 0.3) is 6.08 Å². The molecular weight excluding hydrogens is 358 g/mol. The zero-order chi connectivity index (χ0) is 16.9. The average Bonchev–Trinajstić information content (AvgIpc) is 2.90. The minimum atomic E-state index is -3.78. The van der Waals surface area contributed by atoms with Gasteiger partial charge in [0.05, 0.1) is 6.42 Å². The molecule has 0 saturated heterocycles. The number of nitrogens with one attached hydrogen (secondary N) is 2. The Morgan fingerprint density at radius 2 is 2.04 bits per heavy atom. The highest BCUT2D eigenvalue weighted by atomic mass is 35.5. The van der Waals surface area contributed by atoms with E-state index in [1.54, 1.807) is 24.3 Å². The van der Waals surface area contributed by atoms with Crippen molar-refractivity contribution in [2.24, 2.45) is 0 Å². The number of halogens is 1. The number of aromatic nitrogens is 1. The van der Waals surface area contributed by atoms with Crippen LogP contribution in [0.4, 0.5) is 0 Å². The number of thiazole rings is 1. The first-order valence-corrected chi connectivity index (χ1v) is 9.30. The number of carbonyl (C=O) groups excluding carboxylic acids is 1. The topological polar surface area (TPSA) is 88.2 Å². The maximum atomic E-state index is 11.8. The lowest BCUT2D eigenvalue weighted by Crippen LogP contribution is -2.41. The fraction of sp³-hybridized carbons (Fsp3) is 0.143. The first-order valence-electron chi connectivity index (χ1n) is 6.49. The van der Waals surface area contributed by atoms with Gasteiger partial charge in [-0.1, -0.05) is 23.7 Å². The van der Waals surface area contributed by atoms with Crippen molar-refractivity contribution < 1.29 is 13.2 Å². The van der Waals surface area contributed by atoms with E-state index in [0.717, 1.165) is 11.1 Å². The third kappa shape index (κ3) is 6.11. The normalized spacial score (nSPS) is 11.7. The second kappa shape index (κ2) is 7.69. The van der Waals surface area contributed by atoms with E-state index in [0.29, 0.717) is 15.6 Å². The summed E-state index contributed by atoms with van der Waals surface area (Å²) in [7, 11) is -3.78. The molecule has 0 aliphatic carbocycles. The quantitative estimate of drug-likeness (QED) is 0.762. The number of aryl methyl sites for hydroxylation is 1. The van der Waals surface area contributed by atoms with Crippen molar-refractivity contribution in [1.29, 1.82) is 0 Å². The van der Waals surface area contributed by atoms with Gasteiger partial charge < -0.3 is 0 Å². The Balaban J connectivity index is 1.88. The van der Waals surface area contributed by atoms with E-state index in [9.17, 15) is 13.2 Å². The Morgan fingerprint density at radius 1 is 1.35 bits per heavy atom. The number of benzene rings is 1. The molecule has 1 heterocycles. The molecular formula is C14H14ClN3O3S2. The lowest BCUT2D eigenvalue weighted by Gasteiger charge is -2.04. The van der Waals surface area contributed by atoms with E-state index in [2.05, 4.69) is 10.4 Å². The molecule has 23 heavy (non-hydrogen) atoms. The van der Waals surface area contributed by atoms with Crippen LogP contribution in [0.2, 0.25) is 5.02 Å². The number of sulfonamides is 1. The van der Waals surface area contributed by atoms with E-state index in [4.69, 9.17) is 11.6 Å². The number of hydrazine groups is 1. The van der Waals surface area contributed by atoms with E-state index in [1.165, 1.54) is 17.4 Å². The predicted molar refractivity (Wildman–Crippen MR) is 91.2 cm³/mol. The van der Waals surface area contributed by atoms with Crippen molar-refractivity contribution in [1.82, 2.24) is 15.2 Å². The smallest absolute Gasteiger partial charge is 0.250 e. The number of hydrogen-bond donors (Lipinski definition) is 2. The highest BCUT2D eigenvalue weighted by Crippen LogP contribution is 2.11. The van der Waals surface area contributed by atoms with Gasteiger partial charge in [0.25, 0.3) is 10.0 Å². The van der Waals surface area contributed by atoms with Gasteiger partial charge in [-0.15, -0.1) is 16.2 Å². The Hall–Kier alpha value is -1.74. The molecule has 0 fully saturated rings. The average molecular weight is 372 g/mol. The van der Waals surface area contributed by atoms with Crippen LogP contribution in [-0.4, -0.2) is 19.3 Å². The summed E-state index contributed by atoms with van der Waals surface area (Å²) in [5.41, 5.74) is 3.64. The van der Waals surface area contributed by atoms with Gasteiger partial charge in [0.15, 0.2) is 0 Å². The van der Waals surface area contributed by atoms with E-state index in [-0.39, 0.29) is 6.42 Å². The summed E-state index contributed by atoms with van der Waals surface area (Å²) in [6.45, 7) is 1.82. The molecule has 0 aliphatic rings. The highest BCUT2D eigenvalue weighted by molar-refractivity contribution is 7.92. The number of amides is 1. The lowest BCUT2D eigenvalue weighted by atomic mass is 10.2. The van der Waals surface area contributed by atoms with Crippen LogP contribution < -0.4 is 10.3 Å². The van der Waals surface area contributed by atoms with Crippen molar-refractivity contribution >= 4 is 44.9 Å². The van der Waals surface area contributed by atoms with Gasteiger partial charge in [0, 0.05) is 21.5 Å². The van der Waals surface area contributed by atoms with Crippen molar-refractivity contribution in [2.75, 3.05) is 0 Å². The largest absolute Gasteiger partial charge is 0.277 e. The Labute approximate surface area is 143 Å². The molecule has 6 nitrogen and oxygen atoms in total. The molecule has 1 aromatic carbocycles. The predicted octanol–water partition coefficient (Wildman–Crippen LogP) is 2.27. The van der Waals surface area contributed by atoms with Crippen LogP contribution in [0.3, 0.4) is 0 Å². The van der Waals surface area contributed by atoms with Crippen molar-refractivity contribution in [3.63, 3.8) is 0 Å². The van der Waals surface area contributed by atoms with Gasteiger partial charge in [-0.25, -0.2) is 13.4 Å². The molecule has 2 N–H and O–H groups in total. The minimum absolute atomic E-state index is 0.0158. The van der Waals surface area contributed by atoms with Crippen LogP contribution in [0.5, 0.6) is 0 Å². The summed E-state index contributed by atoms with van der Waals surface area (Å²) < 4.78 is 23.6. The van der Waals surface area contributed by atoms with Crippen LogP contribution in [0.1, 0.15) is 16.3 Å². The fourth-order valence-corrected chi connectivity index (χ4v) is 3.13. The third-order valence-electron chi connectivity index (χ3n) is 2.62. The molecule has 9 heteroatoms. The molecule has 0 spiro atoms. The molecule has 1 amide bonds. The number of hydrogen-bond acceptors (Lipinski definition) is 5. The van der Waals surface area contributed by atoms with Gasteiger partial charge in [-0.3, -0.25) is 10.2 Å².